The largest absolute Gasteiger partial charge is 2.00 e. The fourth-order valence-electron chi connectivity index (χ4n) is 0.458. The maximum absolute atomic E-state index is 10.4. The zero-order valence-corrected chi connectivity index (χ0v) is 8.46. The molecule has 0 aromatic heterocycles. The van der Waals surface area contributed by atoms with Crippen LogP contribution in [-0.4, -0.2) is 54.6 Å². The minimum atomic E-state index is -1.33. The van der Waals surface area contributed by atoms with Crippen molar-refractivity contribution in [2.24, 2.45) is 5.92 Å². The molecule has 0 heterocycles. The number of aliphatic carboxylic acids is 1. The van der Waals surface area contributed by atoms with Crippen LogP contribution in [0.2, 0.25) is 0 Å². The molecular weight excluding hydrogens is 160 g/mol. The van der Waals surface area contributed by atoms with Gasteiger partial charge in [0.1, 0.15) is 0 Å². The Morgan fingerprint density at radius 1 is 1.50 bits per heavy atom. The summed E-state index contributed by atoms with van der Waals surface area (Å²) in [6, 6.07) is 0. The summed E-state index contributed by atoms with van der Waals surface area (Å²) < 4.78 is 0. The molecule has 4 heteroatoms. The Bertz CT molecular complexity index is 139. The SMILES string of the molecule is CC(C)CC(=O)C(=O)O.[Ca+2].[H-].[H-]. The van der Waals surface area contributed by atoms with Crippen molar-refractivity contribution in [1.82, 2.24) is 0 Å². The van der Waals surface area contributed by atoms with E-state index in [1.165, 1.54) is 0 Å². The van der Waals surface area contributed by atoms with Gasteiger partial charge in [-0.25, -0.2) is 4.79 Å². The van der Waals surface area contributed by atoms with Gasteiger partial charge in [-0.1, -0.05) is 13.8 Å². The number of ketones is 1. The summed E-state index contributed by atoms with van der Waals surface area (Å²) in [5.74, 6) is -1.90. The van der Waals surface area contributed by atoms with E-state index >= 15 is 0 Å². The van der Waals surface area contributed by atoms with Gasteiger partial charge in [-0.15, -0.1) is 0 Å². The molecular formula is C6H12CaO3. The average molecular weight is 172 g/mol. The van der Waals surface area contributed by atoms with E-state index in [0.29, 0.717) is 0 Å². The summed E-state index contributed by atoms with van der Waals surface area (Å²) in [4.78, 5) is 20.2. The fraction of sp³-hybridized carbons (Fsp3) is 0.667. The molecule has 0 aromatic rings. The topological polar surface area (TPSA) is 54.4 Å². The van der Waals surface area contributed by atoms with Gasteiger partial charge in [-0.3, -0.25) is 4.79 Å². The first-order valence-electron chi connectivity index (χ1n) is 2.80. The van der Waals surface area contributed by atoms with E-state index in [-0.39, 0.29) is 52.9 Å². The second kappa shape index (κ2) is 6.13. The van der Waals surface area contributed by atoms with Crippen LogP contribution in [0.4, 0.5) is 0 Å². The number of carbonyl (C=O) groups excluding carboxylic acids is 1. The summed E-state index contributed by atoms with van der Waals surface area (Å²) in [6.07, 6.45) is 0.134. The van der Waals surface area contributed by atoms with Crippen LogP contribution in [0.5, 0.6) is 0 Å². The summed E-state index contributed by atoms with van der Waals surface area (Å²) in [7, 11) is 0. The fourth-order valence-corrected chi connectivity index (χ4v) is 0.458. The molecule has 0 aliphatic rings. The molecule has 0 aromatic carbocycles. The minimum Gasteiger partial charge on any atom is -1.00 e. The molecule has 0 aliphatic heterocycles. The van der Waals surface area contributed by atoms with Crippen LogP contribution in [0, 0.1) is 5.92 Å². The quantitative estimate of drug-likeness (QED) is 0.499. The summed E-state index contributed by atoms with van der Waals surface area (Å²) in [6.45, 7) is 3.61. The standard InChI is InChI=1S/C6H10O3.Ca.2H/c1-4(2)3-5(7)6(8)9;;;/h4H,3H2,1-2H3,(H,8,9);;;/q;+2;2*-1. The predicted molar refractivity (Wildman–Crippen MR) is 40.1 cm³/mol. The smallest absolute Gasteiger partial charge is 1.00 e. The first-order valence-corrected chi connectivity index (χ1v) is 2.80. The molecule has 10 heavy (non-hydrogen) atoms. The normalized spacial score (nSPS) is 8.70. The van der Waals surface area contributed by atoms with Crippen molar-refractivity contribution in [3.05, 3.63) is 0 Å². The van der Waals surface area contributed by atoms with Gasteiger partial charge in [-0.2, -0.15) is 0 Å². The van der Waals surface area contributed by atoms with Gasteiger partial charge in [0.2, 0.25) is 5.78 Å². The van der Waals surface area contributed by atoms with Crippen LogP contribution >= 0.6 is 0 Å². The third-order valence-corrected chi connectivity index (χ3v) is 0.832. The Morgan fingerprint density at radius 2 is 1.90 bits per heavy atom. The van der Waals surface area contributed by atoms with Crippen LogP contribution in [0.25, 0.3) is 0 Å². The average Bonchev–Trinajstić information content (AvgIpc) is 1.63. The third kappa shape index (κ3) is 6.52. The molecule has 0 radical (unpaired) electrons. The molecule has 0 spiro atoms. The van der Waals surface area contributed by atoms with Gasteiger partial charge >= 0.3 is 43.7 Å². The molecule has 56 valence electrons. The predicted octanol–water partition coefficient (Wildman–Crippen LogP) is 0.530. The maximum Gasteiger partial charge on any atom is 2.00 e. The number of carboxylic acid groups (broad SMARTS) is 1. The van der Waals surface area contributed by atoms with Crippen molar-refractivity contribution in [2.75, 3.05) is 0 Å². The van der Waals surface area contributed by atoms with Crippen molar-refractivity contribution in [1.29, 1.82) is 0 Å². The summed E-state index contributed by atoms with van der Waals surface area (Å²) in [5, 5.41) is 8.08. The van der Waals surface area contributed by atoms with E-state index in [2.05, 4.69) is 0 Å². The van der Waals surface area contributed by atoms with Crippen molar-refractivity contribution >= 4 is 49.5 Å². The number of Topliss-reactive ketones (excluding diaryl/α,β-unsaturated/α-hetero) is 1. The monoisotopic (exact) mass is 172 g/mol. The molecule has 0 fully saturated rings. The number of hydrogen-bond acceptors (Lipinski definition) is 2. The van der Waals surface area contributed by atoms with Crippen molar-refractivity contribution < 1.29 is 17.5 Å². The van der Waals surface area contributed by atoms with Crippen LogP contribution in [-0.2, 0) is 9.59 Å². The van der Waals surface area contributed by atoms with Crippen LogP contribution in [0.3, 0.4) is 0 Å². The van der Waals surface area contributed by atoms with Crippen molar-refractivity contribution in [3.8, 4) is 0 Å². The molecule has 0 saturated heterocycles. The second-order valence-electron chi connectivity index (χ2n) is 2.33. The van der Waals surface area contributed by atoms with E-state index in [1.807, 2.05) is 0 Å². The summed E-state index contributed by atoms with van der Waals surface area (Å²) in [5.41, 5.74) is 0. The van der Waals surface area contributed by atoms with Gasteiger partial charge in [-0.05, 0) is 5.92 Å². The van der Waals surface area contributed by atoms with Gasteiger partial charge in [0, 0.05) is 6.42 Å². The minimum absolute atomic E-state index is 0. The van der Waals surface area contributed by atoms with Gasteiger partial charge in [0.05, 0.1) is 0 Å². The Hall–Kier alpha value is 0.400. The van der Waals surface area contributed by atoms with Gasteiger partial charge < -0.3 is 7.96 Å². The summed E-state index contributed by atoms with van der Waals surface area (Å²) >= 11 is 0. The Morgan fingerprint density at radius 3 is 2.00 bits per heavy atom. The van der Waals surface area contributed by atoms with Gasteiger partial charge in [0.15, 0.2) is 0 Å². The van der Waals surface area contributed by atoms with E-state index in [1.54, 1.807) is 13.8 Å². The van der Waals surface area contributed by atoms with Crippen LogP contribution in [0.15, 0.2) is 0 Å². The van der Waals surface area contributed by atoms with Crippen molar-refractivity contribution in [3.63, 3.8) is 0 Å². The maximum atomic E-state index is 10.4. The number of carbonyl (C=O) groups is 2. The number of rotatable bonds is 3. The Kier molecular flexibility index (Phi) is 7.99. The molecule has 0 rings (SSSR count). The molecule has 1 N–H and O–H groups in total. The zero-order chi connectivity index (χ0) is 7.44. The van der Waals surface area contributed by atoms with E-state index < -0.39 is 11.8 Å². The third-order valence-electron chi connectivity index (χ3n) is 0.832. The van der Waals surface area contributed by atoms with E-state index in [4.69, 9.17) is 5.11 Å². The molecule has 0 amide bonds. The molecule has 0 atom stereocenters. The van der Waals surface area contributed by atoms with Gasteiger partial charge in [0.25, 0.3) is 0 Å². The molecule has 0 saturated carbocycles. The first kappa shape index (κ1) is 13.0. The number of hydrogen-bond donors (Lipinski definition) is 1. The zero-order valence-electron chi connectivity index (χ0n) is 8.26. The second-order valence-corrected chi connectivity index (χ2v) is 2.33. The molecule has 0 bridgehead atoms. The number of carboxylic acids is 1. The van der Waals surface area contributed by atoms with E-state index in [0.717, 1.165) is 0 Å². The molecule has 3 nitrogen and oxygen atoms in total. The van der Waals surface area contributed by atoms with Crippen LogP contribution in [0.1, 0.15) is 23.1 Å². The Labute approximate surface area is 92.8 Å². The first-order chi connectivity index (χ1) is 4.04. The van der Waals surface area contributed by atoms with Crippen molar-refractivity contribution in [2.45, 2.75) is 20.3 Å². The Balaban J connectivity index is -0.000000107. The van der Waals surface area contributed by atoms with E-state index in [9.17, 15) is 9.59 Å². The van der Waals surface area contributed by atoms with Crippen LogP contribution < -0.4 is 0 Å². The molecule has 0 aliphatic carbocycles. The molecule has 0 unspecified atom stereocenters.